The fourth-order valence-electron chi connectivity index (χ4n) is 9.88. The molecule has 0 saturated heterocycles. The van der Waals surface area contributed by atoms with Crippen molar-refractivity contribution in [2.45, 2.75) is 41.5 Å². The van der Waals surface area contributed by atoms with Crippen LogP contribution in [0.15, 0.2) is 115 Å². The third-order valence-corrected chi connectivity index (χ3v) is 11.0. The summed E-state index contributed by atoms with van der Waals surface area (Å²) < 4.78 is 5.21. The number of rotatable bonds is 2. The molecule has 0 radical (unpaired) electrons. The minimum absolute atomic E-state index is 1.26. The lowest BCUT2D eigenvalue weighted by Crippen LogP contribution is -2.86. The van der Waals surface area contributed by atoms with Gasteiger partial charge in [-0.3, -0.25) is 0 Å². The van der Waals surface area contributed by atoms with Crippen LogP contribution in [-0.4, -0.2) is 10.7 Å². The maximum atomic E-state index is 2.68. The van der Waals surface area contributed by atoms with Crippen molar-refractivity contribution in [2.75, 3.05) is 0 Å². The van der Waals surface area contributed by atoms with Gasteiger partial charge in [-0.25, -0.2) is 0 Å². The number of nitrogens with zero attached hydrogens (tertiary/aromatic N) is 2. The minimum Gasteiger partial charge on any atom is -0.408 e. The molecule has 0 amide bonds. The van der Waals surface area contributed by atoms with Gasteiger partial charge in [0.25, 0.3) is 0 Å². The summed E-state index contributed by atoms with van der Waals surface area (Å²) in [6, 6.07) is 41.5. The molecule has 4 aromatic heterocycles. The summed E-state index contributed by atoms with van der Waals surface area (Å²) in [6.45, 7) is 13.8. The Morgan fingerprint density at radius 3 is 1.76 bits per heavy atom. The molecule has 0 spiro atoms. The second-order valence-corrected chi connectivity index (χ2v) is 13.8. The van der Waals surface area contributed by atoms with E-state index in [9.17, 15) is 0 Å². The largest absolute Gasteiger partial charge is 0.408 e. The van der Waals surface area contributed by atoms with Gasteiger partial charge in [0.15, 0.2) is 5.69 Å². The number of hydrogen-bond acceptors (Lipinski definition) is 0. The molecule has 1 aliphatic rings. The van der Waals surface area contributed by atoms with E-state index in [1.165, 1.54) is 99.5 Å². The molecule has 3 heteroatoms. The van der Waals surface area contributed by atoms with E-state index >= 15 is 0 Å². The molecule has 0 saturated carbocycles. The summed E-state index contributed by atoms with van der Waals surface area (Å²) in [4.78, 5) is 0. The Hall–Kier alpha value is -5.15. The van der Waals surface area contributed by atoms with Gasteiger partial charge in [-0.05, 0) is 65.3 Å². The summed E-state index contributed by atoms with van der Waals surface area (Å²) in [5.74, 6) is 0. The van der Waals surface area contributed by atoms with Gasteiger partial charge in [-0.2, -0.15) is 0 Å². The van der Waals surface area contributed by atoms with E-state index in [1.807, 2.05) is 0 Å². The summed E-state index contributed by atoms with van der Waals surface area (Å²) in [6.07, 6.45) is 0.673. The third kappa shape index (κ3) is 3.30. The molecule has 5 heterocycles. The van der Waals surface area contributed by atoms with Crippen molar-refractivity contribution in [2.24, 2.45) is 0 Å². The average Bonchev–Trinajstić information content (AvgIpc) is 3.52. The quantitative estimate of drug-likeness (QED) is 0.180. The predicted octanol–water partition coefficient (Wildman–Crippen LogP) is 7.98. The molecule has 46 heavy (non-hydrogen) atoms. The lowest BCUT2D eigenvalue weighted by atomic mass is 9.21. The Morgan fingerprint density at radius 2 is 1.09 bits per heavy atom. The van der Waals surface area contributed by atoms with Gasteiger partial charge in [0.05, 0.1) is 22.1 Å². The Morgan fingerprint density at radius 1 is 0.522 bits per heavy atom. The SMILES string of the molecule is Cc1cc(C)c([B-]2(c3c(C)cc(C)cc3C)c3ccccc3-c3c(c4cccc5c6ccccc6c3n45)-c3cccc[n+]32)c(C)c1. The highest BCUT2D eigenvalue weighted by molar-refractivity contribution is 7.07. The van der Waals surface area contributed by atoms with E-state index in [0.29, 0.717) is 0 Å². The highest BCUT2D eigenvalue weighted by Gasteiger charge is 2.50. The van der Waals surface area contributed by atoms with Crippen molar-refractivity contribution in [3.8, 4) is 22.4 Å². The predicted molar refractivity (Wildman–Crippen MR) is 196 cm³/mol. The highest BCUT2D eigenvalue weighted by atomic mass is 15.0. The van der Waals surface area contributed by atoms with Crippen LogP contribution in [0, 0.1) is 41.5 Å². The van der Waals surface area contributed by atoms with Crippen LogP contribution >= 0.6 is 0 Å². The van der Waals surface area contributed by atoms with Crippen LogP contribution in [0.25, 0.3) is 49.7 Å². The molecule has 9 rings (SSSR count). The monoisotopic (exact) mass is 592 g/mol. The van der Waals surface area contributed by atoms with Crippen molar-refractivity contribution < 1.29 is 4.48 Å². The first-order valence-corrected chi connectivity index (χ1v) is 16.5. The topological polar surface area (TPSA) is 8.29 Å². The minimum atomic E-state index is -1.69. The maximum Gasteiger partial charge on any atom is 0.362 e. The normalized spacial score (nSPS) is 13.6. The first kappa shape index (κ1) is 27.2. The van der Waals surface area contributed by atoms with Gasteiger partial charge in [0.1, 0.15) is 6.20 Å². The number of hydrogen-bond donors (Lipinski definition) is 0. The lowest BCUT2D eigenvalue weighted by Gasteiger charge is -2.42. The molecule has 0 N–H and O–H groups in total. The average molecular weight is 593 g/mol. The molecular formula is C43H37BN2. The van der Waals surface area contributed by atoms with Crippen molar-refractivity contribution in [1.29, 1.82) is 0 Å². The number of aromatic nitrogens is 2. The lowest BCUT2D eigenvalue weighted by molar-refractivity contribution is -0.526. The van der Waals surface area contributed by atoms with E-state index in [1.54, 1.807) is 0 Å². The van der Waals surface area contributed by atoms with E-state index in [-0.39, 0.29) is 0 Å². The van der Waals surface area contributed by atoms with Gasteiger partial charge in [-0.1, -0.05) is 118 Å². The molecule has 222 valence electrons. The van der Waals surface area contributed by atoms with Crippen LogP contribution in [0.4, 0.5) is 0 Å². The Bertz CT molecular complexity index is 2450. The zero-order chi connectivity index (χ0) is 31.5. The maximum absolute atomic E-state index is 2.68. The third-order valence-electron chi connectivity index (χ3n) is 11.0. The van der Waals surface area contributed by atoms with Crippen LogP contribution in [0.3, 0.4) is 0 Å². The van der Waals surface area contributed by atoms with E-state index < -0.39 is 6.28 Å². The first-order chi connectivity index (χ1) is 22.3. The summed E-state index contributed by atoms with van der Waals surface area (Å²) in [7, 11) is 0. The zero-order valence-electron chi connectivity index (χ0n) is 27.4. The summed E-state index contributed by atoms with van der Waals surface area (Å²) in [5.41, 5.74) is 21.2. The number of benzene rings is 4. The second kappa shape index (κ2) is 9.44. The van der Waals surface area contributed by atoms with Crippen molar-refractivity contribution in [3.63, 3.8) is 0 Å². The Labute approximate surface area is 270 Å². The molecule has 2 nitrogen and oxygen atoms in total. The van der Waals surface area contributed by atoms with Crippen molar-refractivity contribution in [1.82, 2.24) is 4.40 Å². The Kier molecular flexibility index (Phi) is 5.58. The number of fused-ring (bicyclic) bond motifs is 10. The second-order valence-electron chi connectivity index (χ2n) is 13.8. The fraction of sp³-hybridized carbons (Fsp3) is 0.140. The van der Waals surface area contributed by atoms with Crippen molar-refractivity contribution >= 4 is 50.0 Å². The van der Waals surface area contributed by atoms with Gasteiger partial charge in [-0.15, -0.1) is 16.4 Å². The smallest absolute Gasteiger partial charge is 0.362 e. The molecular weight excluding hydrogens is 555 g/mol. The van der Waals surface area contributed by atoms with Crippen LogP contribution < -0.4 is 20.9 Å². The molecule has 1 aliphatic heterocycles. The van der Waals surface area contributed by atoms with E-state index in [4.69, 9.17) is 0 Å². The van der Waals surface area contributed by atoms with Crippen LogP contribution in [0.2, 0.25) is 0 Å². The van der Waals surface area contributed by atoms with Gasteiger partial charge in [0, 0.05) is 22.4 Å². The highest BCUT2D eigenvalue weighted by Crippen LogP contribution is 2.47. The van der Waals surface area contributed by atoms with Crippen LogP contribution in [0.1, 0.15) is 33.4 Å². The first-order valence-electron chi connectivity index (χ1n) is 16.5. The molecule has 0 fully saturated rings. The van der Waals surface area contributed by atoms with E-state index in [2.05, 4.69) is 166 Å². The van der Waals surface area contributed by atoms with Crippen LogP contribution in [0.5, 0.6) is 0 Å². The summed E-state index contributed by atoms with van der Waals surface area (Å²) in [5, 5.41) is 2.61. The molecule has 8 aromatic rings. The van der Waals surface area contributed by atoms with Gasteiger partial charge in [0.2, 0.25) is 0 Å². The van der Waals surface area contributed by atoms with Crippen molar-refractivity contribution in [3.05, 3.63) is 149 Å². The molecule has 0 atom stereocenters. The van der Waals surface area contributed by atoms with Gasteiger partial charge < -0.3 is 8.88 Å². The van der Waals surface area contributed by atoms with Crippen LogP contribution in [-0.2, 0) is 0 Å². The van der Waals surface area contributed by atoms with E-state index in [0.717, 1.165) is 0 Å². The molecule has 4 aromatic carbocycles. The number of aryl methyl sites for hydroxylation is 6. The number of pyridine rings is 2. The molecule has 0 unspecified atom stereocenters. The molecule has 0 aliphatic carbocycles. The van der Waals surface area contributed by atoms with Gasteiger partial charge >= 0.3 is 6.28 Å². The molecule has 0 bridgehead atoms. The Balaban J connectivity index is 1.61. The fourth-order valence-corrected chi connectivity index (χ4v) is 9.88. The summed E-state index contributed by atoms with van der Waals surface area (Å²) >= 11 is 0. The standard InChI is InChI=1S/C43H37BN2/c1-26-22-28(3)41(29(4)23-26)44(42-30(5)24-27(2)25-31(42)6)35-17-10-9-16-34(35)39-40(37-18-11-12-21-45(37)44)38-20-13-19-36-32-14-7-8-15-33(32)43(39)46(36)38/h7-25H,1-6H3. The zero-order valence-corrected chi connectivity index (χ0v) is 27.4.